The summed E-state index contributed by atoms with van der Waals surface area (Å²) in [5, 5.41) is 29.4. The third-order valence-electron chi connectivity index (χ3n) is 4.58. The van der Waals surface area contributed by atoms with Crippen molar-refractivity contribution in [1.82, 2.24) is 9.78 Å². The van der Waals surface area contributed by atoms with Crippen molar-refractivity contribution in [3.05, 3.63) is 73.4 Å². The van der Waals surface area contributed by atoms with Gasteiger partial charge >= 0.3 is 11.6 Å². The quantitative estimate of drug-likeness (QED) is 0.364. The molecular formula is C20H18ClN5O7. The number of aryl methyl sites for hydroxylation is 1. The van der Waals surface area contributed by atoms with E-state index in [0.29, 0.717) is 16.3 Å². The second kappa shape index (κ2) is 9.53. The number of rotatable bonds is 8. The van der Waals surface area contributed by atoms with Crippen LogP contribution in [0.1, 0.15) is 18.5 Å². The average Bonchev–Trinajstić information content (AvgIpc) is 3.20. The second-order valence-electron chi connectivity index (χ2n) is 6.91. The zero-order valence-corrected chi connectivity index (χ0v) is 18.4. The highest BCUT2D eigenvalue weighted by Gasteiger charge is 2.25. The number of ether oxygens (including phenoxy) is 2. The predicted molar refractivity (Wildman–Crippen MR) is 118 cm³/mol. The summed E-state index contributed by atoms with van der Waals surface area (Å²) in [5.41, 5.74) is 0.0960. The maximum atomic E-state index is 12.7. The number of halogens is 1. The highest BCUT2D eigenvalue weighted by Crippen LogP contribution is 2.33. The smallest absolute Gasteiger partial charge is 0.350 e. The minimum absolute atomic E-state index is 0.0938. The number of non-ortho nitro benzene ring substituents is 1. The van der Waals surface area contributed by atoms with Gasteiger partial charge in [0.1, 0.15) is 23.7 Å². The Morgan fingerprint density at radius 3 is 2.48 bits per heavy atom. The van der Waals surface area contributed by atoms with E-state index in [0.717, 1.165) is 10.9 Å². The molecule has 1 N–H and O–H groups in total. The minimum Gasteiger partial charge on any atom is -0.475 e. The molecule has 0 saturated heterocycles. The van der Waals surface area contributed by atoms with Gasteiger partial charge in [-0.3, -0.25) is 25.0 Å². The van der Waals surface area contributed by atoms with Crippen LogP contribution in [-0.4, -0.2) is 32.6 Å². The zero-order chi connectivity index (χ0) is 24.3. The number of nitro benzene ring substituents is 1. The van der Waals surface area contributed by atoms with Gasteiger partial charge in [0.25, 0.3) is 5.69 Å². The van der Waals surface area contributed by atoms with Crippen LogP contribution in [0.15, 0.2) is 42.6 Å². The van der Waals surface area contributed by atoms with Gasteiger partial charge in [-0.05, 0) is 37.6 Å². The number of amides is 1. The number of carbonyl (C=O) groups is 1. The van der Waals surface area contributed by atoms with Crippen molar-refractivity contribution < 1.29 is 24.1 Å². The van der Waals surface area contributed by atoms with Crippen LogP contribution in [0.25, 0.3) is 0 Å². The number of hydrogen-bond acceptors (Lipinski definition) is 8. The Balaban J connectivity index is 1.87. The lowest BCUT2D eigenvalue weighted by Gasteiger charge is -2.14. The van der Waals surface area contributed by atoms with Crippen molar-refractivity contribution in [2.75, 3.05) is 12.4 Å². The third-order valence-corrected chi connectivity index (χ3v) is 4.82. The van der Waals surface area contributed by atoms with Crippen LogP contribution in [0.5, 0.6) is 17.4 Å². The lowest BCUT2D eigenvalue weighted by molar-refractivity contribution is -0.385. The molecular weight excluding hydrogens is 458 g/mol. The van der Waals surface area contributed by atoms with Crippen LogP contribution in [0.2, 0.25) is 5.02 Å². The zero-order valence-electron chi connectivity index (χ0n) is 17.6. The molecule has 0 aliphatic heterocycles. The molecule has 172 valence electrons. The van der Waals surface area contributed by atoms with Crippen LogP contribution in [0.4, 0.5) is 17.1 Å². The second-order valence-corrected chi connectivity index (χ2v) is 7.35. The van der Waals surface area contributed by atoms with E-state index in [-0.39, 0.29) is 23.0 Å². The van der Waals surface area contributed by atoms with Gasteiger partial charge < -0.3 is 14.8 Å². The summed E-state index contributed by atoms with van der Waals surface area (Å²) in [4.78, 5) is 33.9. The summed E-state index contributed by atoms with van der Waals surface area (Å²) >= 11 is 5.94. The summed E-state index contributed by atoms with van der Waals surface area (Å²) in [7, 11) is 1.22. The number of aromatic nitrogens is 2. The number of methoxy groups -OCH3 is 1. The Morgan fingerprint density at radius 1 is 1.18 bits per heavy atom. The van der Waals surface area contributed by atoms with E-state index in [9.17, 15) is 25.0 Å². The Kier molecular flexibility index (Phi) is 6.78. The number of anilines is 1. The first-order valence-electron chi connectivity index (χ1n) is 9.41. The summed E-state index contributed by atoms with van der Waals surface area (Å²) in [6.45, 7) is 3.22. The van der Waals surface area contributed by atoms with Crippen molar-refractivity contribution in [2.24, 2.45) is 0 Å². The topological polar surface area (TPSA) is 152 Å². The van der Waals surface area contributed by atoms with Crippen molar-refractivity contribution in [1.29, 1.82) is 0 Å². The van der Waals surface area contributed by atoms with E-state index in [1.807, 2.05) is 0 Å². The number of benzene rings is 2. The highest BCUT2D eigenvalue weighted by molar-refractivity contribution is 6.30. The molecule has 1 aromatic heterocycles. The molecule has 1 heterocycles. The summed E-state index contributed by atoms with van der Waals surface area (Å²) in [5.74, 6) is -0.316. The van der Waals surface area contributed by atoms with Crippen LogP contribution in [0, 0.1) is 27.2 Å². The minimum atomic E-state index is -0.991. The van der Waals surface area contributed by atoms with Crippen LogP contribution < -0.4 is 14.8 Å². The number of nitrogens with zero attached hydrogens (tertiary/aromatic N) is 4. The van der Waals surface area contributed by atoms with Gasteiger partial charge in [0.05, 0.1) is 28.7 Å². The van der Waals surface area contributed by atoms with Gasteiger partial charge in [0.15, 0.2) is 0 Å². The Hall–Kier alpha value is -4.19. The maximum absolute atomic E-state index is 12.7. The van der Waals surface area contributed by atoms with Crippen molar-refractivity contribution in [2.45, 2.75) is 19.9 Å². The van der Waals surface area contributed by atoms with Crippen molar-refractivity contribution in [3.8, 4) is 17.4 Å². The molecule has 1 unspecified atom stereocenters. The monoisotopic (exact) mass is 475 g/mol. The summed E-state index contributed by atoms with van der Waals surface area (Å²) in [6, 6.07) is 7.72. The molecule has 3 aromatic rings. The summed E-state index contributed by atoms with van der Waals surface area (Å²) in [6.07, 6.45) is 1.06. The van der Waals surface area contributed by atoms with E-state index < -0.39 is 27.5 Å². The Labute approximate surface area is 192 Å². The number of nitrogens with one attached hydrogen (secondary N) is 1. The van der Waals surface area contributed by atoms with Gasteiger partial charge in [-0.2, -0.15) is 0 Å². The first-order valence-corrected chi connectivity index (χ1v) is 9.78. The number of nitro groups is 2. The normalized spacial score (nSPS) is 11.5. The van der Waals surface area contributed by atoms with E-state index in [4.69, 9.17) is 21.1 Å². The maximum Gasteiger partial charge on any atom is 0.350 e. The molecule has 13 heteroatoms. The van der Waals surface area contributed by atoms with E-state index in [1.165, 1.54) is 32.2 Å². The van der Waals surface area contributed by atoms with E-state index in [1.54, 1.807) is 25.1 Å². The fourth-order valence-corrected chi connectivity index (χ4v) is 3.10. The van der Waals surface area contributed by atoms with Gasteiger partial charge in [0.2, 0.25) is 5.91 Å². The molecule has 0 saturated carbocycles. The van der Waals surface area contributed by atoms with Crippen LogP contribution >= 0.6 is 11.6 Å². The standard InChI is InChI=1S/C20H18ClN5O7/c1-11-6-13(21)4-5-18(11)33-16-8-14(7-15(9-16)25(28)29)22-19(27)12(2)24-10-17(26(30)31)20(23-24)32-3/h4-10,12H,1-3H3,(H,22,27). The van der Waals surface area contributed by atoms with Crippen LogP contribution in [0.3, 0.4) is 0 Å². The Bertz CT molecular complexity index is 1240. The molecule has 0 radical (unpaired) electrons. The largest absolute Gasteiger partial charge is 0.475 e. The molecule has 12 nitrogen and oxygen atoms in total. The van der Waals surface area contributed by atoms with Crippen molar-refractivity contribution >= 4 is 34.6 Å². The molecule has 0 bridgehead atoms. The van der Waals surface area contributed by atoms with Crippen molar-refractivity contribution in [3.63, 3.8) is 0 Å². The molecule has 33 heavy (non-hydrogen) atoms. The van der Waals surface area contributed by atoms with E-state index in [2.05, 4.69) is 10.4 Å². The van der Waals surface area contributed by atoms with Crippen LogP contribution in [-0.2, 0) is 4.79 Å². The van der Waals surface area contributed by atoms with Gasteiger partial charge in [0, 0.05) is 17.2 Å². The molecule has 1 amide bonds. The molecule has 3 rings (SSSR count). The number of hydrogen-bond donors (Lipinski definition) is 1. The number of carbonyl (C=O) groups excluding carboxylic acids is 1. The highest BCUT2D eigenvalue weighted by atomic mass is 35.5. The lowest BCUT2D eigenvalue weighted by Crippen LogP contribution is -2.24. The first-order chi connectivity index (χ1) is 15.6. The SMILES string of the molecule is COc1nn(C(C)C(=O)Nc2cc(Oc3ccc(Cl)cc3C)cc([N+](=O)[O-])c2)cc1[N+](=O)[O-]. The van der Waals surface area contributed by atoms with Gasteiger partial charge in [-0.1, -0.05) is 11.6 Å². The van der Waals surface area contributed by atoms with Gasteiger partial charge in [-0.25, -0.2) is 4.68 Å². The lowest BCUT2D eigenvalue weighted by atomic mass is 10.2. The summed E-state index contributed by atoms with van der Waals surface area (Å²) < 4.78 is 11.7. The fraction of sp³-hybridized carbons (Fsp3) is 0.200. The predicted octanol–water partition coefficient (Wildman–Crippen LogP) is 4.66. The van der Waals surface area contributed by atoms with Gasteiger partial charge in [-0.15, -0.1) is 5.10 Å². The Morgan fingerprint density at radius 2 is 1.91 bits per heavy atom. The third kappa shape index (κ3) is 5.36. The molecule has 0 fully saturated rings. The first kappa shape index (κ1) is 23.5. The molecule has 1 atom stereocenters. The molecule has 2 aromatic carbocycles. The van der Waals surface area contributed by atoms with E-state index >= 15 is 0 Å². The molecule has 0 spiro atoms. The molecule has 0 aliphatic carbocycles. The fourth-order valence-electron chi connectivity index (χ4n) is 2.88. The average molecular weight is 476 g/mol. The molecule has 0 aliphatic rings.